The number of aromatic nitrogens is 1. The van der Waals surface area contributed by atoms with Crippen LogP contribution >= 0.6 is 0 Å². The van der Waals surface area contributed by atoms with E-state index in [1.54, 1.807) is 7.11 Å². The number of hydrogen-bond acceptors (Lipinski definition) is 2. The van der Waals surface area contributed by atoms with Gasteiger partial charge in [0, 0.05) is 33.3 Å². The first-order valence-electron chi connectivity index (χ1n) is 6.53. The lowest BCUT2D eigenvalue weighted by molar-refractivity contribution is -0.118. The summed E-state index contributed by atoms with van der Waals surface area (Å²) < 4.78 is 19.1. The van der Waals surface area contributed by atoms with Crippen LogP contribution in [0, 0.1) is 0 Å². The Labute approximate surface area is 103 Å². The Morgan fingerprint density at radius 3 is 3.24 bits per heavy atom. The van der Waals surface area contributed by atoms with Gasteiger partial charge in [-0.1, -0.05) is 0 Å². The Morgan fingerprint density at radius 1 is 1.59 bits per heavy atom. The van der Waals surface area contributed by atoms with Crippen molar-refractivity contribution in [2.45, 2.75) is 13.3 Å². The molecule has 1 aromatic carbocycles. The van der Waals surface area contributed by atoms with Gasteiger partial charge in [-0.15, -0.1) is 0 Å². The molecule has 0 aliphatic rings. The standard InChI is InChI=1S/C13H16N2O2/c1-9(16)14-6-5-10-8-15-13-4-3-11(17-2)7-12(10)13/h3-4,7-8,15H,5-6H2,1-2H3,(H,14,16)/i1D2. The second-order valence-electron chi connectivity index (χ2n) is 3.77. The first kappa shape index (κ1) is 9.10. The van der Waals surface area contributed by atoms with E-state index in [-0.39, 0.29) is 0 Å². The van der Waals surface area contributed by atoms with E-state index in [0.29, 0.717) is 13.0 Å². The van der Waals surface area contributed by atoms with Crippen molar-refractivity contribution in [3.8, 4) is 5.75 Å². The fraction of sp³-hybridized carbons (Fsp3) is 0.308. The second kappa shape index (κ2) is 4.91. The van der Waals surface area contributed by atoms with Gasteiger partial charge in [0.25, 0.3) is 0 Å². The van der Waals surface area contributed by atoms with Gasteiger partial charge in [-0.05, 0) is 30.2 Å². The Bertz CT molecular complexity index is 581. The number of carbonyl (C=O) groups excluding carboxylic acids is 1. The summed E-state index contributed by atoms with van der Waals surface area (Å²) >= 11 is 0. The van der Waals surface area contributed by atoms with Gasteiger partial charge in [0.05, 0.1) is 7.11 Å². The molecule has 0 aliphatic carbocycles. The molecular formula is C13H16N2O2. The van der Waals surface area contributed by atoms with E-state index in [1.807, 2.05) is 24.4 Å². The van der Waals surface area contributed by atoms with Crippen molar-refractivity contribution in [1.29, 1.82) is 0 Å². The third-order valence-electron chi connectivity index (χ3n) is 2.67. The number of rotatable bonds is 4. The summed E-state index contributed by atoms with van der Waals surface area (Å²) in [5.74, 6) is 0.215. The van der Waals surface area contributed by atoms with Gasteiger partial charge >= 0.3 is 0 Å². The minimum absolute atomic E-state index is 0.414. The molecule has 0 atom stereocenters. The van der Waals surface area contributed by atoms with Gasteiger partial charge in [-0.25, -0.2) is 0 Å². The Balaban J connectivity index is 2.06. The van der Waals surface area contributed by atoms with Crippen molar-refractivity contribution in [3.63, 3.8) is 0 Å². The van der Waals surface area contributed by atoms with Crippen molar-refractivity contribution in [3.05, 3.63) is 30.0 Å². The van der Waals surface area contributed by atoms with Crippen LogP contribution in [0.4, 0.5) is 0 Å². The number of fused-ring (bicyclic) bond motifs is 1. The number of hydrogen-bond donors (Lipinski definition) is 2. The van der Waals surface area contributed by atoms with E-state index in [9.17, 15) is 4.79 Å². The zero-order chi connectivity index (χ0) is 13.8. The van der Waals surface area contributed by atoms with Crippen LogP contribution in [-0.4, -0.2) is 24.5 Å². The fourth-order valence-electron chi connectivity index (χ4n) is 1.81. The molecular weight excluding hydrogens is 216 g/mol. The molecule has 0 bridgehead atoms. The number of carbonyl (C=O) groups is 1. The van der Waals surface area contributed by atoms with Crippen LogP contribution in [0.5, 0.6) is 5.75 Å². The van der Waals surface area contributed by atoms with Crippen LogP contribution in [0.15, 0.2) is 24.4 Å². The first-order valence-corrected chi connectivity index (χ1v) is 5.38. The van der Waals surface area contributed by atoms with E-state index < -0.39 is 12.8 Å². The predicted octanol–water partition coefficient (Wildman–Crippen LogP) is 1.86. The van der Waals surface area contributed by atoms with Crippen molar-refractivity contribution >= 4 is 16.8 Å². The van der Waals surface area contributed by atoms with Crippen molar-refractivity contribution < 1.29 is 12.3 Å². The molecule has 17 heavy (non-hydrogen) atoms. The maximum Gasteiger partial charge on any atom is 0.216 e. The quantitative estimate of drug-likeness (QED) is 0.848. The summed E-state index contributed by atoms with van der Waals surface area (Å²) in [6.07, 6.45) is 2.54. The number of methoxy groups -OCH3 is 1. The minimum atomic E-state index is -1.47. The molecule has 0 aliphatic heterocycles. The molecule has 0 saturated heterocycles. The number of ether oxygens (including phenoxy) is 1. The highest BCUT2D eigenvalue weighted by Gasteiger charge is 2.05. The molecule has 1 heterocycles. The maximum absolute atomic E-state index is 11.1. The Morgan fingerprint density at radius 2 is 2.47 bits per heavy atom. The molecule has 0 spiro atoms. The number of nitrogens with one attached hydrogen (secondary N) is 2. The second-order valence-corrected chi connectivity index (χ2v) is 3.77. The van der Waals surface area contributed by atoms with E-state index in [2.05, 4.69) is 10.3 Å². The number of aromatic amines is 1. The third kappa shape index (κ3) is 2.58. The topological polar surface area (TPSA) is 54.1 Å². The summed E-state index contributed by atoms with van der Waals surface area (Å²) in [6.45, 7) is -1.06. The van der Waals surface area contributed by atoms with Crippen LogP contribution in [0.1, 0.15) is 15.2 Å². The molecule has 0 fully saturated rings. The molecule has 0 radical (unpaired) electrons. The average Bonchev–Trinajstić information content (AvgIpc) is 2.81. The minimum Gasteiger partial charge on any atom is -0.497 e. The summed E-state index contributed by atoms with van der Waals surface area (Å²) in [5.41, 5.74) is 2.08. The van der Waals surface area contributed by atoms with Crippen LogP contribution in [-0.2, 0) is 11.2 Å². The summed E-state index contributed by atoms with van der Waals surface area (Å²) in [5, 5.41) is 3.61. The van der Waals surface area contributed by atoms with E-state index in [4.69, 9.17) is 7.48 Å². The molecule has 0 saturated carbocycles. The van der Waals surface area contributed by atoms with Crippen LogP contribution in [0.2, 0.25) is 0 Å². The third-order valence-corrected chi connectivity index (χ3v) is 2.67. The van der Waals surface area contributed by atoms with Crippen LogP contribution in [0.3, 0.4) is 0 Å². The summed E-state index contributed by atoms with van der Waals surface area (Å²) in [4.78, 5) is 14.3. The maximum atomic E-state index is 11.1. The lowest BCUT2D eigenvalue weighted by Gasteiger charge is -2.03. The highest BCUT2D eigenvalue weighted by atomic mass is 16.5. The molecule has 90 valence electrons. The largest absolute Gasteiger partial charge is 0.497 e. The van der Waals surface area contributed by atoms with Crippen molar-refractivity contribution in [2.75, 3.05) is 13.7 Å². The normalized spacial score (nSPS) is 12.4. The lowest BCUT2D eigenvalue weighted by Crippen LogP contribution is -2.22. The van der Waals surface area contributed by atoms with Crippen molar-refractivity contribution in [1.82, 2.24) is 10.3 Å². The smallest absolute Gasteiger partial charge is 0.216 e. The number of benzene rings is 1. The lowest BCUT2D eigenvalue weighted by atomic mass is 10.1. The van der Waals surface area contributed by atoms with Crippen LogP contribution < -0.4 is 10.1 Å². The average molecular weight is 234 g/mol. The molecule has 0 unspecified atom stereocenters. The zero-order valence-electron chi connectivity index (χ0n) is 11.6. The number of H-pyrrole nitrogens is 1. The van der Waals surface area contributed by atoms with Gasteiger partial charge in [0.15, 0.2) is 0 Å². The summed E-state index contributed by atoms with van der Waals surface area (Å²) in [6, 6.07) is 5.77. The molecule has 1 amide bonds. The van der Waals surface area contributed by atoms with Crippen molar-refractivity contribution in [2.24, 2.45) is 0 Å². The van der Waals surface area contributed by atoms with Gasteiger partial charge in [-0.2, -0.15) is 0 Å². The van der Waals surface area contributed by atoms with Crippen LogP contribution in [0.25, 0.3) is 10.9 Å². The SMILES string of the molecule is [2H]C([2H])C(=O)NCCc1c[nH]c2ccc(OC)cc12. The van der Waals surface area contributed by atoms with Gasteiger partial charge in [-0.3, -0.25) is 4.79 Å². The van der Waals surface area contributed by atoms with Gasteiger partial charge in [0.2, 0.25) is 5.91 Å². The van der Waals surface area contributed by atoms with Gasteiger partial charge < -0.3 is 15.0 Å². The molecule has 4 heteroatoms. The summed E-state index contributed by atoms with van der Waals surface area (Å²) in [7, 11) is 1.62. The molecule has 4 nitrogen and oxygen atoms in total. The monoisotopic (exact) mass is 234 g/mol. The first-order chi connectivity index (χ1) is 9.11. The molecule has 2 aromatic rings. The molecule has 1 aromatic heterocycles. The van der Waals surface area contributed by atoms with Gasteiger partial charge in [0.1, 0.15) is 5.75 Å². The highest BCUT2D eigenvalue weighted by Crippen LogP contribution is 2.23. The van der Waals surface area contributed by atoms with E-state index in [1.165, 1.54) is 0 Å². The Hall–Kier alpha value is -1.97. The molecule has 2 rings (SSSR count). The molecule has 2 N–H and O–H groups in total. The fourth-order valence-corrected chi connectivity index (χ4v) is 1.81. The number of amides is 1. The van der Waals surface area contributed by atoms with E-state index >= 15 is 0 Å². The highest BCUT2D eigenvalue weighted by molar-refractivity contribution is 5.84. The van der Waals surface area contributed by atoms with E-state index in [0.717, 1.165) is 22.2 Å². The predicted molar refractivity (Wildman–Crippen MR) is 67.2 cm³/mol. The zero-order valence-corrected chi connectivity index (χ0v) is 9.62. The Kier molecular flexibility index (Phi) is 2.63.